The Morgan fingerprint density at radius 1 is 0.805 bits per heavy atom. The highest BCUT2D eigenvalue weighted by atomic mass is 32.1. The smallest absolute Gasteiger partial charge is 0.327 e. The molecule has 1 heterocycles. The predicted molar refractivity (Wildman–Crippen MR) is 154 cm³/mol. The van der Waals surface area contributed by atoms with Gasteiger partial charge in [-0.15, -0.1) is 0 Å². The molecule has 3 rings (SSSR count). The van der Waals surface area contributed by atoms with Crippen LogP contribution in [-0.2, 0) is 36.8 Å². The molecule has 12 nitrogen and oxygen atoms in total. The number of thiol groups is 1. The molecule has 0 aliphatic carbocycles. The summed E-state index contributed by atoms with van der Waals surface area (Å²) in [6.45, 7) is 0. The van der Waals surface area contributed by atoms with E-state index in [1.165, 1.54) is 0 Å². The van der Waals surface area contributed by atoms with E-state index in [1.807, 2.05) is 24.3 Å². The summed E-state index contributed by atoms with van der Waals surface area (Å²) in [5, 5.41) is 26.8. The van der Waals surface area contributed by atoms with Crippen LogP contribution < -0.4 is 21.7 Å². The largest absolute Gasteiger partial charge is 0.481 e. The van der Waals surface area contributed by atoms with Crippen molar-refractivity contribution in [1.29, 1.82) is 0 Å². The van der Waals surface area contributed by atoms with Gasteiger partial charge in [-0.3, -0.25) is 19.2 Å². The Morgan fingerprint density at radius 2 is 1.41 bits per heavy atom. The van der Waals surface area contributed by atoms with Crippen LogP contribution in [0.3, 0.4) is 0 Å². The number of carbonyl (C=O) groups is 5. The number of hydrogen-bond acceptors (Lipinski definition) is 7. The Labute approximate surface area is 241 Å². The van der Waals surface area contributed by atoms with Crippen molar-refractivity contribution in [3.8, 4) is 0 Å². The van der Waals surface area contributed by atoms with Gasteiger partial charge in [0.1, 0.15) is 18.1 Å². The summed E-state index contributed by atoms with van der Waals surface area (Å²) >= 11 is 3.95. The molecule has 2 aromatic carbocycles. The first-order valence-corrected chi connectivity index (χ1v) is 13.5. The lowest BCUT2D eigenvalue weighted by Gasteiger charge is -2.25. The van der Waals surface area contributed by atoms with Crippen molar-refractivity contribution in [2.24, 2.45) is 5.73 Å². The van der Waals surface area contributed by atoms with E-state index in [4.69, 9.17) is 5.73 Å². The van der Waals surface area contributed by atoms with Crippen molar-refractivity contribution in [2.45, 2.75) is 49.9 Å². The first-order chi connectivity index (χ1) is 19.6. The van der Waals surface area contributed by atoms with Crippen LogP contribution in [0.4, 0.5) is 0 Å². The number of aromatic amines is 1. The topological polar surface area (TPSA) is 204 Å². The summed E-state index contributed by atoms with van der Waals surface area (Å²) < 4.78 is 0. The molecule has 13 heteroatoms. The van der Waals surface area contributed by atoms with Gasteiger partial charge in [0.2, 0.25) is 17.7 Å². The Bertz CT molecular complexity index is 1380. The van der Waals surface area contributed by atoms with Crippen LogP contribution in [0.5, 0.6) is 0 Å². The molecule has 0 radical (unpaired) electrons. The Morgan fingerprint density at radius 3 is 2.07 bits per heavy atom. The number of aromatic nitrogens is 1. The molecular formula is C28H33N5O7S. The van der Waals surface area contributed by atoms with Gasteiger partial charge in [0.15, 0.2) is 0 Å². The van der Waals surface area contributed by atoms with Crippen LogP contribution in [0.2, 0.25) is 0 Å². The Balaban J connectivity index is 1.76. The lowest BCUT2D eigenvalue weighted by atomic mass is 10.0. The molecular weight excluding hydrogens is 550 g/mol. The monoisotopic (exact) mass is 583 g/mol. The minimum atomic E-state index is -1.32. The summed E-state index contributed by atoms with van der Waals surface area (Å²) in [4.78, 5) is 65.2. The number of carbonyl (C=O) groups excluding carboxylic acids is 3. The molecule has 218 valence electrons. The van der Waals surface area contributed by atoms with Gasteiger partial charge in [-0.1, -0.05) is 48.5 Å². The van der Waals surface area contributed by atoms with Gasteiger partial charge >= 0.3 is 11.9 Å². The lowest BCUT2D eigenvalue weighted by molar-refractivity contribution is -0.141. The van der Waals surface area contributed by atoms with Crippen LogP contribution in [0.25, 0.3) is 10.9 Å². The standard InChI is InChI=1S/C28H33N5O7S/c29-19(13-17-14-30-20-9-5-4-8-18(17)20)25(36)31-21(10-11-24(34)35)26(37)32-22(12-16-6-2-1-3-7-16)27(38)33-23(15-41)28(39)40/h1-9,14,19,21-23,30,41H,10-13,15,29H2,(H,31,36)(H,32,37)(H,33,38)(H,34,35)(H,39,40)/t19-,21-,22-,23-/m0/s1. The number of hydrogen-bond donors (Lipinski definition) is 8. The number of carboxylic acids is 2. The van der Waals surface area contributed by atoms with Crippen molar-refractivity contribution in [3.63, 3.8) is 0 Å². The van der Waals surface area contributed by atoms with E-state index in [0.29, 0.717) is 5.56 Å². The molecule has 1 aromatic heterocycles. The first kappa shape index (κ1) is 31.2. The van der Waals surface area contributed by atoms with Crippen LogP contribution in [-0.4, -0.2) is 74.8 Å². The molecule has 0 aliphatic rings. The van der Waals surface area contributed by atoms with E-state index in [0.717, 1.165) is 16.5 Å². The number of carboxylic acid groups (broad SMARTS) is 2. The number of fused-ring (bicyclic) bond motifs is 1. The highest BCUT2D eigenvalue weighted by Gasteiger charge is 2.30. The maximum Gasteiger partial charge on any atom is 0.327 e. The van der Waals surface area contributed by atoms with Crippen molar-refractivity contribution in [1.82, 2.24) is 20.9 Å². The van der Waals surface area contributed by atoms with E-state index >= 15 is 0 Å². The highest BCUT2D eigenvalue weighted by Crippen LogP contribution is 2.19. The molecule has 0 saturated heterocycles. The molecule has 0 bridgehead atoms. The van der Waals surface area contributed by atoms with Crippen LogP contribution in [0.1, 0.15) is 24.0 Å². The van der Waals surface area contributed by atoms with E-state index < -0.39 is 60.2 Å². The lowest BCUT2D eigenvalue weighted by Crippen LogP contribution is -2.58. The molecule has 0 spiro atoms. The van der Waals surface area contributed by atoms with Gasteiger partial charge in [0.05, 0.1) is 6.04 Å². The zero-order valence-corrected chi connectivity index (χ0v) is 23.0. The Hall–Kier alpha value is -4.36. The minimum Gasteiger partial charge on any atom is -0.481 e. The van der Waals surface area contributed by atoms with E-state index in [1.54, 1.807) is 36.5 Å². The second-order valence-corrected chi connectivity index (χ2v) is 9.86. The highest BCUT2D eigenvalue weighted by molar-refractivity contribution is 7.80. The van der Waals surface area contributed by atoms with Gasteiger partial charge in [-0.05, 0) is 30.0 Å². The average Bonchev–Trinajstić information content (AvgIpc) is 3.36. The van der Waals surface area contributed by atoms with Crippen molar-refractivity contribution < 1.29 is 34.2 Å². The predicted octanol–water partition coefficient (Wildman–Crippen LogP) is 0.614. The first-order valence-electron chi connectivity index (χ1n) is 12.9. The number of aliphatic carboxylic acids is 2. The fourth-order valence-electron chi connectivity index (χ4n) is 4.23. The number of nitrogens with two attached hydrogens (primary N) is 1. The molecule has 41 heavy (non-hydrogen) atoms. The van der Waals surface area contributed by atoms with Gasteiger partial charge in [-0.2, -0.15) is 12.6 Å². The summed E-state index contributed by atoms with van der Waals surface area (Å²) in [6, 6.07) is 11.3. The van der Waals surface area contributed by atoms with Gasteiger partial charge in [-0.25, -0.2) is 4.79 Å². The maximum atomic E-state index is 13.3. The summed E-state index contributed by atoms with van der Waals surface area (Å²) in [5.74, 6) is -4.93. The molecule has 8 N–H and O–H groups in total. The average molecular weight is 584 g/mol. The summed E-state index contributed by atoms with van der Waals surface area (Å²) in [7, 11) is 0. The SMILES string of the molecule is N[C@@H](Cc1c[nH]c2ccccc12)C(=O)N[C@@H](CCC(=O)O)C(=O)N[C@@H](Cc1ccccc1)C(=O)N[C@@H](CS)C(=O)O. The molecule has 3 aromatic rings. The number of rotatable bonds is 15. The molecule has 0 fully saturated rings. The maximum absolute atomic E-state index is 13.3. The van der Waals surface area contributed by atoms with E-state index in [9.17, 15) is 34.2 Å². The van der Waals surface area contributed by atoms with Gasteiger partial charge in [0, 0.05) is 35.7 Å². The molecule has 4 atom stereocenters. The third-order valence-corrected chi connectivity index (χ3v) is 6.81. The van der Waals surface area contributed by atoms with Gasteiger partial charge in [0.25, 0.3) is 0 Å². The third kappa shape index (κ3) is 9.08. The van der Waals surface area contributed by atoms with Crippen molar-refractivity contribution >= 4 is 53.2 Å². The second kappa shape index (κ2) is 14.9. The van der Waals surface area contributed by atoms with Gasteiger partial charge < -0.3 is 36.9 Å². The van der Waals surface area contributed by atoms with Crippen LogP contribution in [0.15, 0.2) is 60.8 Å². The quantitative estimate of drug-likeness (QED) is 0.119. The number of para-hydroxylation sites is 1. The number of nitrogens with one attached hydrogen (secondary N) is 4. The number of amides is 3. The molecule has 0 unspecified atom stereocenters. The summed E-state index contributed by atoms with van der Waals surface area (Å²) in [5.41, 5.74) is 8.50. The molecule has 3 amide bonds. The zero-order chi connectivity index (χ0) is 29.9. The Kier molecular flexibility index (Phi) is 11.3. The fraction of sp³-hybridized carbons (Fsp3) is 0.321. The second-order valence-electron chi connectivity index (χ2n) is 9.50. The van der Waals surface area contributed by atoms with Crippen molar-refractivity contribution in [3.05, 3.63) is 71.9 Å². The third-order valence-electron chi connectivity index (χ3n) is 6.44. The van der Waals surface area contributed by atoms with E-state index in [2.05, 4.69) is 33.6 Å². The minimum absolute atomic E-state index is 0.0109. The molecule has 0 saturated carbocycles. The van der Waals surface area contributed by atoms with Crippen LogP contribution in [0, 0.1) is 0 Å². The molecule has 0 aliphatic heterocycles. The van der Waals surface area contributed by atoms with Crippen LogP contribution >= 0.6 is 12.6 Å². The van der Waals surface area contributed by atoms with E-state index in [-0.39, 0.29) is 25.0 Å². The summed E-state index contributed by atoms with van der Waals surface area (Å²) in [6.07, 6.45) is 1.21. The number of H-pyrrole nitrogens is 1. The fourth-order valence-corrected chi connectivity index (χ4v) is 4.48. The van der Waals surface area contributed by atoms with Crippen molar-refractivity contribution in [2.75, 3.05) is 5.75 Å². The number of benzene rings is 2. The zero-order valence-electron chi connectivity index (χ0n) is 22.1. The normalized spacial score (nSPS) is 13.9.